The van der Waals surface area contributed by atoms with Gasteiger partial charge in [-0.1, -0.05) is 0 Å². The van der Waals surface area contributed by atoms with E-state index in [0.29, 0.717) is 11.3 Å². The van der Waals surface area contributed by atoms with E-state index in [2.05, 4.69) is 0 Å². The highest BCUT2D eigenvalue weighted by atomic mass is 19.4. The van der Waals surface area contributed by atoms with Crippen LogP contribution in [0.25, 0.3) is 0 Å². The van der Waals surface area contributed by atoms with Gasteiger partial charge in [0.15, 0.2) is 0 Å². The molecular weight excluding hydrogens is 239 g/mol. The zero-order valence-electron chi connectivity index (χ0n) is 8.91. The molecule has 0 aromatic heterocycles. The number of alkyl halides is 3. The number of hydrogen-bond acceptors (Lipinski definition) is 2. The van der Waals surface area contributed by atoms with Crippen molar-refractivity contribution in [3.8, 4) is 0 Å². The van der Waals surface area contributed by atoms with Gasteiger partial charge in [0.2, 0.25) is 0 Å². The summed E-state index contributed by atoms with van der Waals surface area (Å²) in [5.41, 5.74) is 0. The summed E-state index contributed by atoms with van der Waals surface area (Å²) in [5.74, 6) is -3.52. The fraction of sp³-hybridized carbons (Fsp3) is 0.800. The van der Waals surface area contributed by atoms with Gasteiger partial charge in [-0.05, 0) is 31.1 Å². The predicted octanol–water partition coefficient (Wildman–Crippen LogP) is 1.26. The molecule has 17 heavy (non-hydrogen) atoms. The maximum Gasteiger partial charge on any atom is 0.471 e. The number of halogens is 3. The number of carbonyl (C=O) groups excluding carboxylic acids is 1. The van der Waals surface area contributed by atoms with Crippen molar-refractivity contribution in [1.82, 2.24) is 4.90 Å². The monoisotopic (exact) mass is 251 g/mol. The van der Waals surface area contributed by atoms with Crippen molar-refractivity contribution in [2.45, 2.75) is 31.5 Å². The van der Waals surface area contributed by atoms with Crippen molar-refractivity contribution in [3.63, 3.8) is 0 Å². The third-order valence-corrected chi connectivity index (χ3v) is 3.43. The third kappa shape index (κ3) is 2.23. The van der Waals surface area contributed by atoms with Crippen LogP contribution in [-0.2, 0) is 9.59 Å². The van der Waals surface area contributed by atoms with E-state index in [1.807, 2.05) is 0 Å². The Kier molecular flexibility index (Phi) is 2.79. The van der Waals surface area contributed by atoms with E-state index in [-0.39, 0.29) is 18.4 Å². The Hall–Kier alpha value is -1.27. The molecule has 1 saturated heterocycles. The molecule has 0 aromatic carbocycles. The minimum Gasteiger partial charge on any atom is -0.480 e. The van der Waals surface area contributed by atoms with Crippen molar-refractivity contribution in [3.05, 3.63) is 0 Å². The van der Waals surface area contributed by atoms with Gasteiger partial charge in [0.25, 0.3) is 0 Å². The molecule has 1 amide bonds. The Balaban J connectivity index is 2.17. The molecule has 2 fully saturated rings. The lowest BCUT2D eigenvalue weighted by Gasteiger charge is -2.25. The van der Waals surface area contributed by atoms with Gasteiger partial charge >= 0.3 is 18.1 Å². The SMILES string of the molecule is O=C(O)C1C(C2CC2)CCN1C(=O)C(F)(F)F. The van der Waals surface area contributed by atoms with Crippen LogP contribution in [0, 0.1) is 11.8 Å². The topological polar surface area (TPSA) is 57.6 Å². The van der Waals surface area contributed by atoms with E-state index in [4.69, 9.17) is 5.11 Å². The average molecular weight is 251 g/mol. The second-order valence-corrected chi connectivity index (χ2v) is 4.57. The van der Waals surface area contributed by atoms with Gasteiger partial charge in [0, 0.05) is 6.54 Å². The molecule has 0 bridgehead atoms. The highest BCUT2D eigenvalue weighted by Gasteiger charge is 2.53. The first kappa shape index (κ1) is 12.2. The maximum absolute atomic E-state index is 12.3. The van der Waals surface area contributed by atoms with Crippen LogP contribution in [0.5, 0.6) is 0 Å². The summed E-state index contributed by atoms with van der Waals surface area (Å²) in [7, 11) is 0. The molecule has 96 valence electrons. The lowest BCUT2D eigenvalue weighted by Crippen LogP contribution is -2.48. The quantitative estimate of drug-likeness (QED) is 0.803. The van der Waals surface area contributed by atoms with Crippen molar-refractivity contribution < 1.29 is 27.9 Å². The van der Waals surface area contributed by atoms with Gasteiger partial charge < -0.3 is 10.0 Å². The van der Waals surface area contributed by atoms with E-state index in [1.165, 1.54) is 0 Å². The Bertz CT molecular complexity index is 351. The van der Waals surface area contributed by atoms with E-state index < -0.39 is 24.1 Å². The number of carbonyl (C=O) groups is 2. The normalized spacial score (nSPS) is 29.5. The Morgan fingerprint density at radius 1 is 1.18 bits per heavy atom. The number of nitrogens with zero attached hydrogens (tertiary/aromatic N) is 1. The van der Waals surface area contributed by atoms with Crippen LogP contribution in [0.1, 0.15) is 19.3 Å². The van der Waals surface area contributed by atoms with Crippen molar-refractivity contribution >= 4 is 11.9 Å². The molecule has 2 unspecified atom stereocenters. The molecule has 1 heterocycles. The molecule has 2 atom stereocenters. The molecule has 0 spiro atoms. The fourth-order valence-corrected chi connectivity index (χ4v) is 2.54. The van der Waals surface area contributed by atoms with Gasteiger partial charge in [-0.2, -0.15) is 13.2 Å². The summed E-state index contributed by atoms with van der Waals surface area (Å²) in [6.07, 6.45) is -2.94. The molecule has 1 aliphatic carbocycles. The van der Waals surface area contributed by atoms with Crippen LogP contribution in [0.4, 0.5) is 13.2 Å². The minimum absolute atomic E-state index is 0.115. The van der Waals surface area contributed by atoms with Crippen LogP contribution in [0.2, 0.25) is 0 Å². The average Bonchev–Trinajstić information content (AvgIpc) is 2.94. The zero-order chi connectivity index (χ0) is 12.8. The Morgan fingerprint density at radius 2 is 1.76 bits per heavy atom. The van der Waals surface area contributed by atoms with Gasteiger partial charge in [-0.25, -0.2) is 4.79 Å². The summed E-state index contributed by atoms with van der Waals surface area (Å²) in [6, 6.07) is -1.31. The van der Waals surface area contributed by atoms with Crippen molar-refractivity contribution in [2.75, 3.05) is 6.54 Å². The molecule has 2 aliphatic rings. The number of aliphatic carboxylic acids is 1. The maximum atomic E-state index is 12.3. The first-order valence-corrected chi connectivity index (χ1v) is 5.43. The summed E-state index contributed by atoms with van der Waals surface area (Å²) in [6.45, 7) is -0.115. The molecule has 7 heteroatoms. The molecular formula is C10H12F3NO3. The smallest absolute Gasteiger partial charge is 0.471 e. The minimum atomic E-state index is -4.99. The summed E-state index contributed by atoms with van der Waals surface area (Å²) < 4.78 is 36.9. The van der Waals surface area contributed by atoms with Crippen LogP contribution < -0.4 is 0 Å². The summed E-state index contributed by atoms with van der Waals surface area (Å²) in [4.78, 5) is 22.6. The molecule has 1 N–H and O–H groups in total. The molecule has 4 nitrogen and oxygen atoms in total. The van der Waals surface area contributed by atoms with E-state index in [1.54, 1.807) is 0 Å². The van der Waals surface area contributed by atoms with Gasteiger partial charge in [-0.15, -0.1) is 0 Å². The van der Waals surface area contributed by atoms with E-state index in [9.17, 15) is 22.8 Å². The van der Waals surface area contributed by atoms with Crippen LogP contribution in [0.15, 0.2) is 0 Å². The van der Waals surface area contributed by atoms with Crippen molar-refractivity contribution in [1.29, 1.82) is 0 Å². The van der Waals surface area contributed by atoms with Crippen LogP contribution >= 0.6 is 0 Å². The van der Waals surface area contributed by atoms with Crippen LogP contribution in [-0.4, -0.2) is 40.6 Å². The standard InChI is InChI=1S/C10H12F3NO3/c11-10(12,13)9(17)14-4-3-6(5-1-2-5)7(14)8(15)16/h5-7H,1-4H2,(H,15,16). The molecule has 2 rings (SSSR count). The Morgan fingerprint density at radius 3 is 2.18 bits per heavy atom. The number of carboxylic acid groups (broad SMARTS) is 1. The number of rotatable bonds is 2. The van der Waals surface area contributed by atoms with Gasteiger partial charge in [0.1, 0.15) is 6.04 Å². The third-order valence-electron chi connectivity index (χ3n) is 3.43. The van der Waals surface area contributed by atoms with Crippen molar-refractivity contribution in [2.24, 2.45) is 11.8 Å². The summed E-state index contributed by atoms with van der Waals surface area (Å²) >= 11 is 0. The van der Waals surface area contributed by atoms with E-state index in [0.717, 1.165) is 12.8 Å². The lowest BCUT2D eigenvalue weighted by atomic mass is 9.95. The molecule has 1 aliphatic heterocycles. The zero-order valence-corrected chi connectivity index (χ0v) is 8.91. The van der Waals surface area contributed by atoms with Gasteiger partial charge in [-0.3, -0.25) is 4.79 Å². The number of likely N-dealkylation sites (tertiary alicyclic amines) is 1. The second kappa shape index (κ2) is 3.89. The van der Waals surface area contributed by atoms with Crippen LogP contribution in [0.3, 0.4) is 0 Å². The van der Waals surface area contributed by atoms with E-state index >= 15 is 0 Å². The number of amides is 1. The molecule has 1 saturated carbocycles. The predicted molar refractivity (Wildman–Crippen MR) is 50.0 cm³/mol. The molecule has 0 radical (unpaired) electrons. The number of carboxylic acids is 1. The second-order valence-electron chi connectivity index (χ2n) is 4.57. The largest absolute Gasteiger partial charge is 0.480 e. The lowest BCUT2D eigenvalue weighted by molar-refractivity contribution is -0.188. The first-order valence-electron chi connectivity index (χ1n) is 5.43. The molecule has 0 aromatic rings. The summed E-state index contributed by atoms with van der Waals surface area (Å²) in [5, 5.41) is 8.98. The highest BCUT2D eigenvalue weighted by Crippen LogP contribution is 2.45. The fourth-order valence-electron chi connectivity index (χ4n) is 2.54. The highest BCUT2D eigenvalue weighted by molar-refractivity contribution is 5.87. The number of hydrogen-bond donors (Lipinski definition) is 1. The first-order chi connectivity index (χ1) is 7.82. The van der Waals surface area contributed by atoms with Gasteiger partial charge in [0.05, 0.1) is 0 Å². The Labute approximate surface area is 95.4 Å².